The Morgan fingerprint density at radius 2 is 1.62 bits per heavy atom. The number of rotatable bonds is 3. The summed E-state index contributed by atoms with van der Waals surface area (Å²) in [5.41, 5.74) is 2.54. The Kier molecular flexibility index (Phi) is 3.89. The van der Waals surface area contributed by atoms with Crippen molar-refractivity contribution in [3.05, 3.63) is 60.2 Å². The summed E-state index contributed by atoms with van der Waals surface area (Å²) in [4.78, 5) is 14.8. The predicted molar refractivity (Wildman–Crippen MR) is 94.7 cm³/mol. The van der Waals surface area contributed by atoms with Crippen LogP contribution in [-0.2, 0) is 0 Å². The van der Waals surface area contributed by atoms with E-state index in [1.807, 2.05) is 47.4 Å². The average Bonchev–Trinajstić information content (AvgIpc) is 3.41. The molecule has 2 aromatic rings. The van der Waals surface area contributed by atoms with Crippen LogP contribution >= 0.6 is 0 Å². The topological polar surface area (TPSA) is 40.5 Å². The molecule has 2 aliphatic rings. The molecule has 1 amide bonds. The third kappa shape index (κ3) is 2.96. The van der Waals surface area contributed by atoms with E-state index in [2.05, 4.69) is 12.1 Å². The van der Waals surface area contributed by atoms with Gasteiger partial charge in [0.15, 0.2) is 0 Å². The van der Waals surface area contributed by atoms with Gasteiger partial charge in [-0.2, -0.15) is 0 Å². The molecular formula is C21H23NO2. The summed E-state index contributed by atoms with van der Waals surface area (Å²) in [6, 6.07) is 18.0. The van der Waals surface area contributed by atoms with Gasteiger partial charge in [0, 0.05) is 18.7 Å². The van der Waals surface area contributed by atoms with E-state index < -0.39 is 5.60 Å². The monoisotopic (exact) mass is 321 g/mol. The molecule has 3 heteroatoms. The maximum atomic E-state index is 12.8. The first-order chi connectivity index (χ1) is 11.7. The molecule has 4 rings (SSSR count). The van der Waals surface area contributed by atoms with Crippen molar-refractivity contribution in [3.63, 3.8) is 0 Å². The second kappa shape index (κ2) is 6.06. The molecule has 24 heavy (non-hydrogen) atoms. The molecule has 0 atom stereocenters. The van der Waals surface area contributed by atoms with Crippen molar-refractivity contribution in [1.29, 1.82) is 0 Å². The van der Waals surface area contributed by atoms with Gasteiger partial charge < -0.3 is 10.0 Å². The number of amides is 1. The number of likely N-dealkylation sites (tertiary alicyclic amines) is 1. The maximum Gasteiger partial charge on any atom is 0.253 e. The smallest absolute Gasteiger partial charge is 0.253 e. The Morgan fingerprint density at radius 3 is 2.29 bits per heavy atom. The fraction of sp³-hybridized carbons (Fsp3) is 0.381. The van der Waals surface area contributed by atoms with Gasteiger partial charge in [0.2, 0.25) is 0 Å². The fourth-order valence-corrected chi connectivity index (χ4v) is 3.80. The van der Waals surface area contributed by atoms with Crippen LogP contribution in [-0.4, -0.2) is 34.6 Å². The van der Waals surface area contributed by atoms with Crippen LogP contribution in [0.2, 0.25) is 0 Å². The van der Waals surface area contributed by atoms with Crippen molar-refractivity contribution in [3.8, 4) is 11.1 Å². The zero-order valence-corrected chi connectivity index (χ0v) is 13.8. The molecule has 0 spiro atoms. The van der Waals surface area contributed by atoms with Crippen molar-refractivity contribution >= 4 is 5.91 Å². The first-order valence-electron chi connectivity index (χ1n) is 8.83. The lowest BCUT2D eigenvalue weighted by Gasteiger charge is -2.34. The van der Waals surface area contributed by atoms with Gasteiger partial charge in [-0.05, 0) is 54.9 Å². The standard InChI is InChI=1S/C21H23NO2/c23-20(22-13-9-19(10-14-22)21(24)11-12-21)18-8-4-7-17(15-18)16-5-2-1-3-6-16/h1-8,15,19,24H,9-14H2. The highest BCUT2D eigenvalue weighted by Crippen LogP contribution is 2.46. The fourth-order valence-electron chi connectivity index (χ4n) is 3.80. The van der Waals surface area contributed by atoms with Crippen molar-refractivity contribution in [2.75, 3.05) is 13.1 Å². The molecule has 2 aromatic carbocycles. The molecule has 0 radical (unpaired) electrons. The van der Waals surface area contributed by atoms with E-state index in [1.54, 1.807) is 0 Å². The number of nitrogens with zero attached hydrogens (tertiary/aromatic N) is 1. The minimum absolute atomic E-state index is 0.106. The van der Waals surface area contributed by atoms with E-state index >= 15 is 0 Å². The Bertz CT molecular complexity index is 729. The molecule has 1 saturated heterocycles. The quantitative estimate of drug-likeness (QED) is 0.936. The summed E-state index contributed by atoms with van der Waals surface area (Å²) in [5.74, 6) is 0.478. The van der Waals surface area contributed by atoms with Gasteiger partial charge >= 0.3 is 0 Å². The second-order valence-corrected chi connectivity index (χ2v) is 7.12. The number of hydrogen-bond donors (Lipinski definition) is 1. The molecule has 124 valence electrons. The van der Waals surface area contributed by atoms with Crippen molar-refractivity contribution in [2.24, 2.45) is 5.92 Å². The van der Waals surface area contributed by atoms with E-state index in [1.165, 1.54) is 0 Å². The number of aliphatic hydroxyl groups is 1. The van der Waals surface area contributed by atoms with Crippen LogP contribution in [0.3, 0.4) is 0 Å². The SMILES string of the molecule is O=C(c1cccc(-c2ccccc2)c1)N1CCC(C2(O)CC2)CC1. The third-order valence-corrected chi connectivity index (χ3v) is 5.52. The summed E-state index contributed by atoms with van der Waals surface area (Å²) in [5, 5.41) is 10.3. The predicted octanol–water partition coefficient (Wildman–Crippen LogP) is 3.73. The molecule has 1 N–H and O–H groups in total. The van der Waals surface area contributed by atoms with Crippen LogP contribution in [0, 0.1) is 5.92 Å². The highest BCUT2D eigenvalue weighted by atomic mass is 16.3. The molecular weight excluding hydrogens is 298 g/mol. The summed E-state index contributed by atoms with van der Waals surface area (Å²) in [6.45, 7) is 1.50. The number of hydrogen-bond acceptors (Lipinski definition) is 2. The van der Waals surface area contributed by atoms with Crippen molar-refractivity contribution in [2.45, 2.75) is 31.3 Å². The van der Waals surface area contributed by atoms with Crippen LogP contribution in [0.4, 0.5) is 0 Å². The maximum absolute atomic E-state index is 12.8. The lowest BCUT2D eigenvalue weighted by molar-refractivity contribution is 0.0340. The molecule has 1 saturated carbocycles. The van der Waals surface area contributed by atoms with Crippen LogP contribution in [0.1, 0.15) is 36.0 Å². The first kappa shape index (κ1) is 15.4. The molecule has 2 fully saturated rings. The van der Waals surface area contributed by atoms with Gasteiger partial charge in [0.05, 0.1) is 5.60 Å². The largest absolute Gasteiger partial charge is 0.390 e. The lowest BCUT2D eigenvalue weighted by Crippen LogP contribution is -2.41. The molecule has 0 aromatic heterocycles. The van der Waals surface area contributed by atoms with E-state index in [0.29, 0.717) is 5.92 Å². The van der Waals surface area contributed by atoms with Gasteiger partial charge in [-0.3, -0.25) is 4.79 Å². The van der Waals surface area contributed by atoms with Gasteiger partial charge in [-0.25, -0.2) is 0 Å². The van der Waals surface area contributed by atoms with E-state index in [4.69, 9.17) is 0 Å². The van der Waals surface area contributed by atoms with Crippen LogP contribution in [0.15, 0.2) is 54.6 Å². The number of carbonyl (C=O) groups is 1. The first-order valence-corrected chi connectivity index (χ1v) is 8.83. The third-order valence-electron chi connectivity index (χ3n) is 5.52. The van der Waals surface area contributed by atoms with Gasteiger partial charge in [0.1, 0.15) is 0 Å². The van der Waals surface area contributed by atoms with Crippen LogP contribution < -0.4 is 0 Å². The summed E-state index contributed by atoms with van der Waals surface area (Å²) in [6.07, 6.45) is 3.71. The lowest BCUT2D eigenvalue weighted by atomic mass is 9.89. The normalized spacial score (nSPS) is 20.0. The van der Waals surface area contributed by atoms with E-state index in [0.717, 1.165) is 55.5 Å². The minimum atomic E-state index is -0.414. The number of carbonyl (C=O) groups excluding carboxylic acids is 1. The van der Waals surface area contributed by atoms with Crippen molar-refractivity contribution in [1.82, 2.24) is 4.90 Å². The number of piperidine rings is 1. The molecule has 1 heterocycles. The Hall–Kier alpha value is -2.13. The Balaban J connectivity index is 1.47. The second-order valence-electron chi connectivity index (χ2n) is 7.12. The highest BCUT2D eigenvalue weighted by Gasteiger charge is 2.48. The van der Waals surface area contributed by atoms with Crippen LogP contribution in [0.5, 0.6) is 0 Å². The molecule has 3 nitrogen and oxygen atoms in total. The van der Waals surface area contributed by atoms with E-state index in [-0.39, 0.29) is 5.91 Å². The van der Waals surface area contributed by atoms with E-state index in [9.17, 15) is 9.90 Å². The molecule has 0 unspecified atom stereocenters. The van der Waals surface area contributed by atoms with Gasteiger partial charge in [-0.15, -0.1) is 0 Å². The Labute approximate surface area is 142 Å². The molecule has 1 aliphatic heterocycles. The summed E-state index contributed by atoms with van der Waals surface area (Å²) < 4.78 is 0. The minimum Gasteiger partial charge on any atom is -0.390 e. The number of benzene rings is 2. The van der Waals surface area contributed by atoms with Gasteiger partial charge in [-0.1, -0.05) is 42.5 Å². The van der Waals surface area contributed by atoms with Gasteiger partial charge in [0.25, 0.3) is 5.91 Å². The van der Waals surface area contributed by atoms with Crippen molar-refractivity contribution < 1.29 is 9.90 Å². The highest BCUT2D eigenvalue weighted by molar-refractivity contribution is 5.95. The zero-order valence-electron chi connectivity index (χ0n) is 13.8. The Morgan fingerprint density at radius 1 is 0.958 bits per heavy atom. The average molecular weight is 321 g/mol. The zero-order chi connectivity index (χ0) is 16.6. The van der Waals surface area contributed by atoms with Crippen LogP contribution in [0.25, 0.3) is 11.1 Å². The summed E-state index contributed by atoms with van der Waals surface area (Å²) in [7, 11) is 0. The molecule has 0 bridgehead atoms. The molecule has 1 aliphatic carbocycles. The summed E-state index contributed by atoms with van der Waals surface area (Å²) >= 11 is 0.